The van der Waals surface area contributed by atoms with Crippen LogP contribution in [0.5, 0.6) is 5.75 Å². The van der Waals surface area contributed by atoms with Crippen molar-refractivity contribution >= 4 is 11.6 Å². The molecule has 0 bridgehead atoms. The van der Waals surface area contributed by atoms with Gasteiger partial charge in [0.25, 0.3) is 5.91 Å². The SMILES string of the molecule is COc1ccccc1N1CCN(C(=O)c2ccc(C)cn2)CC1. The zero-order valence-electron chi connectivity index (χ0n) is 13.5. The Hall–Kier alpha value is -2.56. The summed E-state index contributed by atoms with van der Waals surface area (Å²) < 4.78 is 5.42. The Morgan fingerprint density at radius 2 is 1.83 bits per heavy atom. The number of methoxy groups -OCH3 is 1. The summed E-state index contributed by atoms with van der Waals surface area (Å²) in [5.74, 6) is 0.872. The predicted molar refractivity (Wildman–Crippen MR) is 90.1 cm³/mol. The van der Waals surface area contributed by atoms with Crippen LogP contribution in [0.2, 0.25) is 0 Å². The van der Waals surface area contributed by atoms with E-state index in [0.717, 1.165) is 30.1 Å². The minimum atomic E-state index is 0.00433. The first-order valence-electron chi connectivity index (χ1n) is 7.79. The van der Waals surface area contributed by atoms with Crippen molar-refractivity contribution in [3.05, 3.63) is 53.9 Å². The number of pyridine rings is 1. The van der Waals surface area contributed by atoms with E-state index in [1.54, 1.807) is 19.4 Å². The monoisotopic (exact) mass is 311 g/mol. The largest absolute Gasteiger partial charge is 0.495 e. The lowest BCUT2D eigenvalue weighted by Gasteiger charge is -2.36. The molecule has 1 amide bonds. The molecular formula is C18H21N3O2. The Balaban J connectivity index is 1.66. The summed E-state index contributed by atoms with van der Waals surface area (Å²) in [5.41, 5.74) is 2.65. The van der Waals surface area contributed by atoms with Gasteiger partial charge < -0.3 is 14.5 Å². The average molecular weight is 311 g/mol. The van der Waals surface area contributed by atoms with Gasteiger partial charge >= 0.3 is 0 Å². The second kappa shape index (κ2) is 6.69. The van der Waals surface area contributed by atoms with Gasteiger partial charge in [0.1, 0.15) is 11.4 Å². The van der Waals surface area contributed by atoms with E-state index in [1.807, 2.05) is 36.1 Å². The Bertz CT molecular complexity index is 677. The van der Waals surface area contributed by atoms with Crippen LogP contribution in [-0.2, 0) is 0 Å². The number of anilines is 1. The molecule has 0 N–H and O–H groups in total. The summed E-state index contributed by atoms with van der Waals surface area (Å²) in [7, 11) is 1.68. The van der Waals surface area contributed by atoms with Gasteiger partial charge in [-0.15, -0.1) is 0 Å². The third-order valence-electron chi connectivity index (χ3n) is 4.12. The minimum Gasteiger partial charge on any atom is -0.495 e. The molecule has 0 atom stereocenters. The maximum Gasteiger partial charge on any atom is 0.272 e. The van der Waals surface area contributed by atoms with Gasteiger partial charge in [0.05, 0.1) is 12.8 Å². The Morgan fingerprint density at radius 3 is 2.48 bits per heavy atom. The normalized spacial score (nSPS) is 14.7. The van der Waals surface area contributed by atoms with Crippen molar-refractivity contribution in [2.45, 2.75) is 6.92 Å². The number of hydrogen-bond acceptors (Lipinski definition) is 4. The third-order valence-corrected chi connectivity index (χ3v) is 4.12. The van der Waals surface area contributed by atoms with E-state index in [1.165, 1.54) is 0 Å². The number of aryl methyl sites for hydroxylation is 1. The van der Waals surface area contributed by atoms with Gasteiger partial charge in [0, 0.05) is 32.4 Å². The molecule has 0 aliphatic carbocycles. The van der Waals surface area contributed by atoms with Gasteiger partial charge in [-0.1, -0.05) is 18.2 Å². The van der Waals surface area contributed by atoms with E-state index < -0.39 is 0 Å². The van der Waals surface area contributed by atoms with E-state index in [4.69, 9.17) is 4.74 Å². The van der Waals surface area contributed by atoms with Crippen LogP contribution < -0.4 is 9.64 Å². The molecule has 1 aromatic carbocycles. The summed E-state index contributed by atoms with van der Waals surface area (Å²) in [5, 5.41) is 0. The van der Waals surface area contributed by atoms with Gasteiger partial charge in [-0.2, -0.15) is 0 Å². The Labute approximate surface area is 136 Å². The molecule has 0 radical (unpaired) electrons. The second-order valence-corrected chi connectivity index (χ2v) is 5.67. The molecule has 0 saturated carbocycles. The van der Waals surface area contributed by atoms with Gasteiger partial charge in [-0.3, -0.25) is 9.78 Å². The molecule has 5 heteroatoms. The summed E-state index contributed by atoms with van der Waals surface area (Å²) >= 11 is 0. The zero-order chi connectivity index (χ0) is 16.2. The van der Waals surface area contributed by atoms with Crippen molar-refractivity contribution in [2.24, 2.45) is 0 Å². The number of piperazine rings is 1. The number of ether oxygens (including phenoxy) is 1. The highest BCUT2D eigenvalue weighted by Crippen LogP contribution is 2.28. The first-order chi connectivity index (χ1) is 11.2. The van der Waals surface area contributed by atoms with Crippen LogP contribution in [0.25, 0.3) is 0 Å². The molecule has 1 saturated heterocycles. The van der Waals surface area contributed by atoms with Crippen molar-refractivity contribution in [3.63, 3.8) is 0 Å². The summed E-state index contributed by atoms with van der Waals surface area (Å²) in [4.78, 5) is 20.9. The van der Waals surface area contributed by atoms with E-state index >= 15 is 0 Å². The summed E-state index contributed by atoms with van der Waals surface area (Å²) in [6, 6.07) is 11.7. The molecule has 5 nitrogen and oxygen atoms in total. The topological polar surface area (TPSA) is 45.7 Å². The number of hydrogen-bond donors (Lipinski definition) is 0. The number of amides is 1. The van der Waals surface area contributed by atoms with Gasteiger partial charge in [0.2, 0.25) is 0 Å². The number of carbonyl (C=O) groups excluding carboxylic acids is 1. The fourth-order valence-corrected chi connectivity index (χ4v) is 2.80. The van der Waals surface area contributed by atoms with Crippen LogP contribution in [0.4, 0.5) is 5.69 Å². The van der Waals surface area contributed by atoms with E-state index in [9.17, 15) is 4.79 Å². The maximum atomic E-state index is 12.5. The fraction of sp³-hybridized carbons (Fsp3) is 0.333. The first kappa shape index (κ1) is 15.3. The van der Waals surface area contributed by atoms with Gasteiger partial charge in [-0.05, 0) is 30.7 Å². The molecule has 23 heavy (non-hydrogen) atoms. The lowest BCUT2D eigenvalue weighted by Crippen LogP contribution is -2.49. The molecule has 120 valence electrons. The fourth-order valence-electron chi connectivity index (χ4n) is 2.80. The average Bonchev–Trinajstić information content (AvgIpc) is 2.62. The van der Waals surface area contributed by atoms with Crippen molar-refractivity contribution in [2.75, 3.05) is 38.2 Å². The number of para-hydroxylation sites is 2. The molecule has 1 fully saturated rings. The third kappa shape index (κ3) is 3.28. The lowest BCUT2D eigenvalue weighted by molar-refractivity contribution is 0.0741. The molecule has 2 aromatic rings. The maximum absolute atomic E-state index is 12.5. The Kier molecular flexibility index (Phi) is 4.46. The van der Waals surface area contributed by atoms with Crippen LogP contribution in [0.15, 0.2) is 42.6 Å². The van der Waals surface area contributed by atoms with Crippen molar-refractivity contribution in [1.82, 2.24) is 9.88 Å². The first-order valence-corrected chi connectivity index (χ1v) is 7.79. The Morgan fingerprint density at radius 1 is 1.09 bits per heavy atom. The van der Waals surface area contributed by atoms with Crippen LogP contribution in [0.3, 0.4) is 0 Å². The minimum absolute atomic E-state index is 0.00433. The molecule has 1 aliphatic rings. The molecule has 1 aromatic heterocycles. The molecule has 3 rings (SSSR count). The van der Waals surface area contributed by atoms with Crippen LogP contribution >= 0.6 is 0 Å². The highest BCUT2D eigenvalue weighted by Gasteiger charge is 2.24. The number of carbonyl (C=O) groups is 1. The second-order valence-electron chi connectivity index (χ2n) is 5.67. The zero-order valence-corrected chi connectivity index (χ0v) is 13.5. The van der Waals surface area contributed by atoms with Crippen LogP contribution in [-0.4, -0.2) is 49.1 Å². The number of aromatic nitrogens is 1. The summed E-state index contributed by atoms with van der Waals surface area (Å²) in [6.07, 6.45) is 1.73. The van der Waals surface area contributed by atoms with Crippen LogP contribution in [0, 0.1) is 6.92 Å². The summed E-state index contributed by atoms with van der Waals surface area (Å²) in [6.45, 7) is 4.92. The number of nitrogens with zero attached hydrogens (tertiary/aromatic N) is 3. The number of benzene rings is 1. The van der Waals surface area contributed by atoms with E-state index in [0.29, 0.717) is 18.8 Å². The predicted octanol–water partition coefficient (Wildman–Crippen LogP) is 2.36. The van der Waals surface area contributed by atoms with Crippen molar-refractivity contribution < 1.29 is 9.53 Å². The standard InChI is InChI=1S/C18H21N3O2/c1-14-7-8-15(19-13-14)18(22)21-11-9-20(10-12-21)16-5-3-4-6-17(16)23-2/h3-8,13H,9-12H2,1-2H3. The van der Waals surface area contributed by atoms with E-state index in [2.05, 4.69) is 16.0 Å². The molecule has 0 spiro atoms. The highest BCUT2D eigenvalue weighted by atomic mass is 16.5. The molecular weight excluding hydrogens is 290 g/mol. The van der Waals surface area contributed by atoms with Crippen molar-refractivity contribution in [1.29, 1.82) is 0 Å². The highest BCUT2D eigenvalue weighted by molar-refractivity contribution is 5.92. The van der Waals surface area contributed by atoms with Gasteiger partial charge in [-0.25, -0.2) is 0 Å². The molecule has 2 heterocycles. The lowest BCUT2D eigenvalue weighted by atomic mass is 10.2. The van der Waals surface area contributed by atoms with Crippen molar-refractivity contribution in [3.8, 4) is 5.75 Å². The molecule has 0 unspecified atom stereocenters. The van der Waals surface area contributed by atoms with Crippen LogP contribution in [0.1, 0.15) is 16.1 Å². The van der Waals surface area contributed by atoms with E-state index in [-0.39, 0.29) is 5.91 Å². The van der Waals surface area contributed by atoms with Gasteiger partial charge in [0.15, 0.2) is 0 Å². The quantitative estimate of drug-likeness (QED) is 0.873. The number of rotatable bonds is 3. The molecule has 1 aliphatic heterocycles. The smallest absolute Gasteiger partial charge is 0.272 e.